The van der Waals surface area contributed by atoms with Gasteiger partial charge in [-0.05, 0) is 43.3 Å². The first-order valence-corrected chi connectivity index (χ1v) is 8.25. The molecule has 0 unspecified atom stereocenters. The number of ether oxygens (including phenoxy) is 1. The molecule has 1 fully saturated rings. The van der Waals surface area contributed by atoms with Gasteiger partial charge in [-0.15, -0.1) is 0 Å². The van der Waals surface area contributed by atoms with Crippen LogP contribution < -0.4 is 0 Å². The van der Waals surface area contributed by atoms with Crippen molar-refractivity contribution in [2.24, 2.45) is 0 Å². The van der Waals surface area contributed by atoms with Gasteiger partial charge in [0.25, 0.3) is 5.91 Å². The number of aromatic nitrogens is 2. The maximum Gasteiger partial charge on any atom is 0.254 e. The molecule has 2 heterocycles. The third kappa shape index (κ3) is 2.89. The molecular weight excluding hydrogens is 321 g/mol. The molecule has 128 valence electrons. The maximum atomic E-state index is 13.6. The molecule has 6 heteroatoms. The van der Waals surface area contributed by atoms with Gasteiger partial charge in [0.15, 0.2) is 0 Å². The summed E-state index contributed by atoms with van der Waals surface area (Å²) in [6.07, 6.45) is 0. The van der Waals surface area contributed by atoms with Gasteiger partial charge in [0.1, 0.15) is 11.6 Å². The third-order valence-corrected chi connectivity index (χ3v) is 4.45. The van der Waals surface area contributed by atoms with Crippen molar-refractivity contribution in [3.63, 3.8) is 0 Å². The van der Waals surface area contributed by atoms with Crippen molar-refractivity contribution in [2.45, 2.75) is 6.92 Å². The first-order valence-electron chi connectivity index (χ1n) is 8.25. The summed E-state index contributed by atoms with van der Waals surface area (Å²) in [7, 11) is 0. The first kappa shape index (κ1) is 15.8. The molecule has 0 bridgehead atoms. The SMILES string of the molecule is Cc1nc2ccc(F)cc2n1-c1ccc(C(=O)N2CCOCC2)cc1. The quantitative estimate of drug-likeness (QED) is 0.721. The highest BCUT2D eigenvalue weighted by Crippen LogP contribution is 2.22. The van der Waals surface area contributed by atoms with E-state index in [9.17, 15) is 9.18 Å². The lowest BCUT2D eigenvalue weighted by Crippen LogP contribution is -2.40. The summed E-state index contributed by atoms with van der Waals surface area (Å²) in [6, 6.07) is 11.9. The first-order chi connectivity index (χ1) is 12.1. The Labute approximate surface area is 144 Å². The molecule has 5 nitrogen and oxygen atoms in total. The monoisotopic (exact) mass is 339 g/mol. The number of rotatable bonds is 2. The number of carbonyl (C=O) groups is 1. The van der Waals surface area contributed by atoms with Gasteiger partial charge in [-0.3, -0.25) is 9.36 Å². The number of carbonyl (C=O) groups excluding carboxylic acids is 1. The number of fused-ring (bicyclic) bond motifs is 1. The summed E-state index contributed by atoms with van der Waals surface area (Å²) in [6.45, 7) is 4.27. The largest absolute Gasteiger partial charge is 0.378 e. The molecule has 0 atom stereocenters. The zero-order valence-electron chi connectivity index (χ0n) is 13.9. The molecule has 0 radical (unpaired) electrons. The predicted molar refractivity (Wildman–Crippen MR) is 92.5 cm³/mol. The minimum Gasteiger partial charge on any atom is -0.378 e. The van der Waals surface area contributed by atoms with E-state index in [-0.39, 0.29) is 11.7 Å². The second-order valence-electron chi connectivity index (χ2n) is 6.08. The van der Waals surface area contributed by atoms with Crippen LogP contribution in [-0.4, -0.2) is 46.7 Å². The van der Waals surface area contributed by atoms with Crippen molar-refractivity contribution in [2.75, 3.05) is 26.3 Å². The number of morpholine rings is 1. The third-order valence-electron chi connectivity index (χ3n) is 4.45. The molecule has 1 aromatic heterocycles. The van der Waals surface area contributed by atoms with E-state index in [0.29, 0.717) is 37.4 Å². The van der Waals surface area contributed by atoms with E-state index in [2.05, 4.69) is 4.98 Å². The minimum atomic E-state index is -0.298. The minimum absolute atomic E-state index is 0.00751. The Morgan fingerprint density at radius 1 is 1.12 bits per heavy atom. The van der Waals surface area contributed by atoms with E-state index in [0.717, 1.165) is 17.0 Å². The molecule has 1 aliphatic heterocycles. The fraction of sp³-hybridized carbons (Fsp3) is 0.263. The average Bonchev–Trinajstić information content (AvgIpc) is 2.97. The van der Waals surface area contributed by atoms with Crippen LogP contribution in [0.1, 0.15) is 16.2 Å². The van der Waals surface area contributed by atoms with Crippen LogP contribution >= 0.6 is 0 Å². The van der Waals surface area contributed by atoms with Crippen LogP contribution in [0.25, 0.3) is 16.7 Å². The highest BCUT2D eigenvalue weighted by molar-refractivity contribution is 5.94. The summed E-state index contributed by atoms with van der Waals surface area (Å²) < 4.78 is 20.8. The van der Waals surface area contributed by atoms with Crippen molar-refractivity contribution in [3.05, 3.63) is 59.7 Å². The Morgan fingerprint density at radius 2 is 1.84 bits per heavy atom. The zero-order chi connectivity index (χ0) is 17.4. The molecule has 0 spiro atoms. The van der Waals surface area contributed by atoms with E-state index in [1.165, 1.54) is 12.1 Å². The van der Waals surface area contributed by atoms with Crippen LogP contribution in [0, 0.1) is 12.7 Å². The van der Waals surface area contributed by atoms with E-state index in [4.69, 9.17) is 4.74 Å². The van der Waals surface area contributed by atoms with Crippen LogP contribution in [-0.2, 0) is 4.74 Å². The van der Waals surface area contributed by atoms with Crippen molar-refractivity contribution in [1.29, 1.82) is 0 Å². The summed E-state index contributed by atoms with van der Waals surface area (Å²) in [5.41, 5.74) is 2.94. The highest BCUT2D eigenvalue weighted by atomic mass is 19.1. The normalized spacial score (nSPS) is 14.9. The highest BCUT2D eigenvalue weighted by Gasteiger charge is 2.18. The van der Waals surface area contributed by atoms with E-state index in [1.54, 1.807) is 23.1 Å². The number of aryl methyl sites for hydroxylation is 1. The Bertz CT molecular complexity index is 928. The molecule has 3 aromatic rings. The zero-order valence-corrected chi connectivity index (χ0v) is 13.9. The fourth-order valence-electron chi connectivity index (χ4n) is 3.20. The fourth-order valence-corrected chi connectivity index (χ4v) is 3.20. The number of amides is 1. The molecule has 0 aliphatic carbocycles. The second kappa shape index (κ2) is 6.29. The van der Waals surface area contributed by atoms with Crippen LogP contribution in [0.2, 0.25) is 0 Å². The van der Waals surface area contributed by atoms with E-state index < -0.39 is 0 Å². The molecule has 2 aromatic carbocycles. The lowest BCUT2D eigenvalue weighted by Gasteiger charge is -2.26. The van der Waals surface area contributed by atoms with Gasteiger partial charge in [0, 0.05) is 30.4 Å². The second-order valence-corrected chi connectivity index (χ2v) is 6.08. The summed E-state index contributed by atoms with van der Waals surface area (Å²) in [4.78, 5) is 18.8. The number of imidazole rings is 1. The van der Waals surface area contributed by atoms with Gasteiger partial charge >= 0.3 is 0 Å². The number of hydrogen-bond acceptors (Lipinski definition) is 3. The van der Waals surface area contributed by atoms with Crippen LogP contribution in [0.5, 0.6) is 0 Å². The van der Waals surface area contributed by atoms with Crippen molar-refractivity contribution < 1.29 is 13.9 Å². The number of halogens is 1. The Morgan fingerprint density at radius 3 is 2.56 bits per heavy atom. The van der Waals surface area contributed by atoms with E-state index >= 15 is 0 Å². The van der Waals surface area contributed by atoms with Crippen molar-refractivity contribution >= 4 is 16.9 Å². The molecule has 25 heavy (non-hydrogen) atoms. The van der Waals surface area contributed by atoms with Crippen molar-refractivity contribution in [1.82, 2.24) is 14.5 Å². The van der Waals surface area contributed by atoms with Gasteiger partial charge in [-0.25, -0.2) is 9.37 Å². The average molecular weight is 339 g/mol. The molecule has 1 saturated heterocycles. The van der Waals surface area contributed by atoms with Gasteiger partial charge in [0.05, 0.1) is 24.2 Å². The predicted octanol–water partition coefficient (Wildman–Crippen LogP) is 2.95. The summed E-state index contributed by atoms with van der Waals surface area (Å²) >= 11 is 0. The Balaban J connectivity index is 1.67. The lowest BCUT2D eigenvalue weighted by atomic mass is 10.1. The van der Waals surface area contributed by atoms with Crippen LogP contribution in [0.3, 0.4) is 0 Å². The smallest absolute Gasteiger partial charge is 0.254 e. The molecule has 1 aliphatic rings. The molecule has 0 N–H and O–H groups in total. The molecule has 4 rings (SSSR count). The maximum absolute atomic E-state index is 13.6. The van der Waals surface area contributed by atoms with Crippen LogP contribution in [0.15, 0.2) is 42.5 Å². The van der Waals surface area contributed by atoms with E-state index in [1.807, 2.05) is 23.6 Å². The summed E-state index contributed by atoms with van der Waals surface area (Å²) in [5, 5.41) is 0. The van der Waals surface area contributed by atoms with Gasteiger partial charge < -0.3 is 9.64 Å². The molecule has 1 amide bonds. The Kier molecular flexibility index (Phi) is 3.97. The Hall–Kier alpha value is -2.73. The number of nitrogens with zero attached hydrogens (tertiary/aromatic N) is 3. The molecule has 0 saturated carbocycles. The van der Waals surface area contributed by atoms with Crippen molar-refractivity contribution in [3.8, 4) is 5.69 Å². The number of benzene rings is 2. The summed E-state index contributed by atoms with van der Waals surface area (Å²) in [5.74, 6) is 0.480. The topological polar surface area (TPSA) is 47.4 Å². The number of hydrogen-bond donors (Lipinski definition) is 0. The molecular formula is C19H18FN3O2. The lowest BCUT2D eigenvalue weighted by molar-refractivity contribution is 0.0303. The standard InChI is InChI=1S/C19H18FN3O2/c1-13-21-17-7-4-15(20)12-18(17)23(13)16-5-2-14(3-6-16)19(24)22-8-10-25-11-9-22/h2-7,12H,8-11H2,1H3. The van der Waals surface area contributed by atoms with Crippen LogP contribution in [0.4, 0.5) is 4.39 Å². The van der Waals surface area contributed by atoms with Gasteiger partial charge in [-0.1, -0.05) is 0 Å². The van der Waals surface area contributed by atoms with Gasteiger partial charge in [0.2, 0.25) is 0 Å². The van der Waals surface area contributed by atoms with Gasteiger partial charge in [-0.2, -0.15) is 0 Å².